The Kier molecular flexibility index (Phi) is 2.26. The molecule has 1 saturated heterocycles. The van der Waals surface area contributed by atoms with E-state index in [4.69, 9.17) is 9.47 Å². The minimum atomic E-state index is -0.106. The van der Waals surface area contributed by atoms with Gasteiger partial charge in [0.1, 0.15) is 6.10 Å². The summed E-state index contributed by atoms with van der Waals surface area (Å²) in [4.78, 5) is 0. The summed E-state index contributed by atoms with van der Waals surface area (Å²) in [6.07, 6.45) is 7.81. The second kappa shape index (κ2) is 3.28. The third-order valence-corrected chi connectivity index (χ3v) is 2.53. The molecule has 1 heterocycles. The Morgan fingerprint density at radius 1 is 1.69 bits per heavy atom. The second-order valence-electron chi connectivity index (χ2n) is 4.06. The first-order valence-corrected chi connectivity index (χ1v) is 4.79. The molecule has 13 heavy (non-hydrogen) atoms. The maximum atomic E-state index is 5.79. The van der Waals surface area contributed by atoms with Crippen LogP contribution in [0.4, 0.5) is 0 Å². The summed E-state index contributed by atoms with van der Waals surface area (Å²) in [5, 5.41) is 0. The van der Waals surface area contributed by atoms with Gasteiger partial charge in [-0.1, -0.05) is 23.8 Å². The standard InChI is InChI=1S/C11H16O2/c1-9-3-5-11(2,6-4-9)13-8-10-7-12-10/h3-5,10H,6-8H2,1-2H3. The van der Waals surface area contributed by atoms with Gasteiger partial charge in [0.05, 0.1) is 18.8 Å². The number of ether oxygens (including phenoxy) is 2. The molecule has 2 rings (SSSR count). The Balaban J connectivity index is 1.86. The Hall–Kier alpha value is -0.600. The van der Waals surface area contributed by atoms with E-state index in [0.717, 1.165) is 19.6 Å². The summed E-state index contributed by atoms with van der Waals surface area (Å²) in [5.74, 6) is 0. The highest BCUT2D eigenvalue weighted by atomic mass is 16.6. The van der Waals surface area contributed by atoms with Crippen molar-refractivity contribution in [3.05, 3.63) is 23.8 Å². The molecule has 0 saturated carbocycles. The van der Waals surface area contributed by atoms with E-state index in [1.807, 2.05) is 0 Å². The zero-order chi connectivity index (χ0) is 9.31. The van der Waals surface area contributed by atoms with Gasteiger partial charge in [0.15, 0.2) is 0 Å². The summed E-state index contributed by atoms with van der Waals surface area (Å²) in [5.41, 5.74) is 1.22. The Labute approximate surface area is 79.2 Å². The maximum Gasteiger partial charge on any atom is 0.104 e. The van der Waals surface area contributed by atoms with Gasteiger partial charge in [-0.3, -0.25) is 0 Å². The van der Waals surface area contributed by atoms with Crippen LogP contribution in [0.3, 0.4) is 0 Å². The lowest BCUT2D eigenvalue weighted by molar-refractivity contribution is -0.00131. The third-order valence-electron chi connectivity index (χ3n) is 2.53. The minimum absolute atomic E-state index is 0.106. The van der Waals surface area contributed by atoms with Crippen molar-refractivity contribution in [3.8, 4) is 0 Å². The summed E-state index contributed by atoms with van der Waals surface area (Å²) in [7, 11) is 0. The predicted molar refractivity (Wildman–Crippen MR) is 51.6 cm³/mol. The molecule has 0 amide bonds. The van der Waals surface area contributed by atoms with Crippen LogP contribution in [-0.2, 0) is 9.47 Å². The fourth-order valence-corrected chi connectivity index (χ4v) is 1.36. The van der Waals surface area contributed by atoms with Crippen LogP contribution >= 0.6 is 0 Å². The van der Waals surface area contributed by atoms with Crippen molar-refractivity contribution in [2.24, 2.45) is 0 Å². The highest BCUT2D eigenvalue weighted by Gasteiger charge is 2.28. The van der Waals surface area contributed by atoms with Gasteiger partial charge in [-0.25, -0.2) is 0 Å². The van der Waals surface area contributed by atoms with Crippen LogP contribution in [0.15, 0.2) is 23.8 Å². The highest BCUT2D eigenvalue weighted by molar-refractivity contribution is 5.25. The van der Waals surface area contributed by atoms with Crippen molar-refractivity contribution in [2.75, 3.05) is 13.2 Å². The van der Waals surface area contributed by atoms with E-state index in [9.17, 15) is 0 Å². The molecule has 0 radical (unpaired) electrons. The predicted octanol–water partition coefficient (Wildman–Crippen LogP) is 2.07. The van der Waals surface area contributed by atoms with Crippen molar-refractivity contribution in [3.63, 3.8) is 0 Å². The van der Waals surface area contributed by atoms with Crippen molar-refractivity contribution in [1.82, 2.24) is 0 Å². The monoisotopic (exact) mass is 180 g/mol. The van der Waals surface area contributed by atoms with E-state index < -0.39 is 0 Å². The molecule has 0 N–H and O–H groups in total. The average Bonchev–Trinajstić information content (AvgIpc) is 2.91. The van der Waals surface area contributed by atoms with Gasteiger partial charge >= 0.3 is 0 Å². The molecule has 1 aliphatic carbocycles. The van der Waals surface area contributed by atoms with Gasteiger partial charge < -0.3 is 9.47 Å². The molecule has 1 fully saturated rings. The van der Waals surface area contributed by atoms with Gasteiger partial charge in [-0.15, -0.1) is 0 Å². The molecule has 72 valence electrons. The number of rotatable bonds is 3. The van der Waals surface area contributed by atoms with E-state index in [1.165, 1.54) is 5.57 Å². The SMILES string of the molecule is CC1=CCC(C)(OCC2CO2)C=C1. The fraction of sp³-hybridized carbons (Fsp3) is 0.636. The van der Waals surface area contributed by atoms with Crippen molar-refractivity contribution >= 4 is 0 Å². The molecular weight excluding hydrogens is 164 g/mol. The molecule has 2 aliphatic rings. The number of epoxide rings is 1. The molecule has 2 nitrogen and oxygen atoms in total. The van der Waals surface area contributed by atoms with Crippen LogP contribution in [0, 0.1) is 0 Å². The average molecular weight is 180 g/mol. The molecule has 0 bridgehead atoms. The van der Waals surface area contributed by atoms with E-state index in [0.29, 0.717) is 6.10 Å². The summed E-state index contributed by atoms with van der Waals surface area (Å²) < 4.78 is 10.9. The van der Waals surface area contributed by atoms with Gasteiger partial charge in [-0.05, 0) is 20.3 Å². The summed E-state index contributed by atoms with van der Waals surface area (Å²) >= 11 is 0. The molecule has 2 unspecified atom stereocenters. The van der Waals surface area contributed by atoms with E-state index in [2.05, 4.69) is 32.1 Å². The quantitative estimate of drug-likeness (QED) is 0.620. The van der Waals surface area contributed by atoms with Crippen molar-refractivity contribution < 1.29 is 9.47 Å². The molecule has 0 aromatic heterocycles. The number of hydrogen-bond acceptors (Lipinski definition) is 2. The molecule has 0 aromatic rings. The first-order chi connectivity index (χ1) is 6.18. The van der Waals surface area contributed by atoms with Gasteiger partial charge in [0.2, 0.25) is 0 Å². The molecule has 1 aliphatic heterocycles. The lowest BCUT2D eigenvalue weighted by Gasteiger charge is -2.27. The Morgan fingerprint density at radius 3 is 3.00 bits per heavy atom. The molecule has 0 aromatic carbocycles. The molecule has 0 spiro atoms. The van der Waals surface area contributed by atoms with Crippen LogP contribution in [0.5, 0.6) is 0 Å². The van der Waals surface area contributed by atoms with Gasteiger partial charge in [-0.2, -0.15) is 0 Å². The number of hydrogen-bond donors (Lipinski definition) is 0. The second-order valence-corrected chi connectivity index (χ2v) is 4.06. The summed E-state index contributed by atoms with van der Waals surface area (Å²) in [6, 6.07) is 0. The van der Waals surface area contributed by atoms with Gasteiger partial charge in [0.25, 0.3) is 0 Å². The normalized spacial score (nSPS) is 37.4. The molecule has 2 heteroatoms. The first-order valence-electron chi connectivity index (χ1n) is 4.79. The molecular formula is C11H16O2. The van der Waals surface area contributed by atoms with Crippen molar-refractivity contribution in [2.45, 2.75) is 32.0 Å². The van der Waals surface area contributed by atoms with Crippen LogP contribution in [0.1, 0.15) is 20.3 Å². The Morgan fingerprint density at radius 2 is 2.46 bits per heavy atom. The lowest BCUT2D eigenvalue weighted by atomic mass is 9.94. The third kappa shape index (κ3) is 2.42. The smallest absolute Gasteiger partial charge is 0.104 e. The fourth-order valence-electron chi connectivity index (χ4n) is 1.36. The van der Waals surface area contributed by atoms with E-state index >= 15 is 0 Å². The van der Waals surface area contributed by atoms with Crippen LogP contribution < -0.4 is 0 Å². The van der Waals surface area contributed by atoms with Crippen molar-refractivity contribution in [1.29, 1.82) is 0 Å². The minimum Gasteiger partial charge on any atom is -0.371 e. The van der Waals surface area contributed by atoms with E-state index in [-0.39, 0.29) is 5.60 Å². The van der Waals surface area contributed by atoms with Gasteiger partial charge in [0, 0.05) is 0 Å². The molecule has 2 atom stereocenters. The van der Waals surface area contributed by atoms with Crippen LogP contribution in [0.25, 0.3) is 0 Å². The van der Waals surface area contributed by atoms with E-state index in [1.54, 1.807) is 0 Å². The first kappa shape index (κ1) is 8.97. The topological polar surface area (TPSA) is 21.8 Å². The van der Waals surface area contributed by atoms with Crippen LogP contribution in [-0.4, -0.2) is 24.9 Å². The lowest BCUT2D eigenvalue weighted by Crippen LogP contribution is -2.28. The Bertz CT molecular complexity index is 251. The highest BCUT2D eigenvalue weighted by Crippen LogP contribution is 2.25. The zero-order valence-corrected chi connectivity index (χ0v) is 8.25. The van der Waals surface area contributed by atoms with Crippen LogP contribution in [0.2, 0.25) is 0 Å². The summed E-state index contributed by atoms with van der Waals surface area (Å²) in [6.45, 7) is 5.83. The number of allylic oxidation sites excluding steroid dienone is 2. The largest absolute Gasteiger partial charge is 0.371 e. The maximum absolute atomic E-state index is 5.79. The zero-order valence-electron chi connectivity index (χ0n) is 8.25.